The van der Waals surface area contributed by atoms with Crippen LogP contribution in [0, 0.1) is 0 Å². The SMILES string of the molecule is CS(=O)(=O)c1ccc(C2(C(=O)O)CCCC2)cc1S(C)(=O)=O. The van der Waals surface area contributed by atoms with Crippen LogP contribution in [0.1, 0.15) is 31.2 Å². The molecular formula is C14H18O6S2. The maximum Gasteiger partial charge on any atom is 0.314 e. The van der Waals surface area contributed by atoms with Gasteiger partial charge in [-0.1, -0.05) is 18.9 Å². The highest BCUT2D eigenvalue weighted by Crippen LogP contribution is 2.42. The summed E-state index contributed by atoms with van der Waals surface area (Å²) in [6.45, 7) is 0. The molecule has 2 rings (SSSR count). The average Bonchev–Trinajstić information content (AvgIpc) is 2.86. The Morgan fingerprint density at radius 1 is 1.00 bits per heavy atom. The van der Waals surface area contributed by atoms with E-state index in [4.69, 9.17) is 0 Å². The normalized spacial score (nSPS) is 18.3. The summed E-state index contributed by atoms with van der Waals surface area (Å²) in [5.41, 5.74) is -0.777. The number of rotatable bonds is 4. The smallest absolute Gasteiger partial charge is 0.314 e. The molecule has 0 amide bonds. The van der Waals surface area contributed by atoms with E-state index in [-0.39, 0.29) is 9.79 Å². The van der Waals surface area contributed by atoms with Crippen molar-refractivity contribution < 1.29 is 26.7 Å². The number of benzene rings is 1. The molecule has 0 atom stereocenters. The molecule has 8 heteroatoms. The molecule has 0 unspecified atom stereocenters. The van der Waals surface area contributed by atoms with Crippen LogP contribution < -0.4 is 0 Å². The first-order valence-electron chi connectivity index (χ1n) is 6.76. The van der Waals surface area contributed by atoms with E-state index in [1.54, 1.807) is 0 Å². The van der Waals surface area contributed by atoms with Gasteiger partial charge in [-0.2, -0.15) is 0 Å². The van der Waals surface area contributed by atoms with Crippen molar-refractivity contribution in [2.45, 2.75) is 40.9 Å². The first kappa shape index (κ1) is 17.0. The van der Waals surface area contributed by atoms with Crippen molar-refractivity contribution in [2.24, 2.45) is 0 Å². The summed E-state index contributed by atoms with van der Waals surface area (Å²) in [4.78, 5) is 11.1. The molecule has 0 radical (unpaired) electrons. The fourth-order valence-electron chi connectivity index (χ4n) is 3.01. The summed E-state index contributed by atoms with van der Waals surface area (Å²) in [7, 11) is -7.52. The maximum atomic E-state index is 11.9. The minimum atomic E-state index is -3.79. The Morgan fingerprint density at radius 2 is 1.50 bits per heavy atom. The number of hydrogen-bond donors (Lipinski definition) is 1. The van der Waals surface area contributed by atoms with Crippen LogP contribution in [0.4, 0.5) is 0 Å². The summed E-state index contributed by atoms with van der Waals surface area (Å²) in [5.74, 6) is -1.00. The largest absolute Gasteiger partial charge is 0.481 e. The number of aliphatic carboxylic acids is 1. The summed E-state index contributed by atoms with van der Waals surface area (Å²) < 4.78 is 47.4. The molecule has 6 nitrogen and oxygen atoms in total. The molecule has 0 saturated heterocycles. The van der Waals surface area contributed by atoms with Crippen LogP contribution in [0.3, 0.4) is 0 Å². The van der Waals surface area contributed by atoms with E-state index >= 15 is 0 Å². The van der Waals surface area contributed by atoms with Crippen molar-refractivity contribution in [3.63, 3.8) is 0 Å². The van der Waals surface area contributed by atoms with Gasteiger partial charge in [-0.05, 0) is 30.5 Å². The van der Waals surface area contributed by atoms with Crippen molar-refractivity contribution in [3.05, 3.63) is 23.8 Å². The lowest BCUT2D eigenvalue weighted by atomic mass is 9.79. The van der Waals surface area contributed by atoms with Crippen LogP contribution in [0.15, 0.2) is 28.0 Å². The van der Waals surface area contributed by atoms with Crippen LogP contribution in [0.5, 0.6) is 0 Å². The van der Waals surface area contributed by atoms with Gasteiger partial charge in [-0.25, -0.2) is 16.8 Å². The highest BCUT2D eigenvalue weighted by atomic mass is 32.2. The molecule has 1 aromatic rings. The Bertz CT molecular complexity index is 815. The van der Waals surface area contributed by atoms with E-state index in [0.717, 1.165) is 25.4 Å². The second-order valence-electron chi connectivity index (χ2n) is 5.80. The molecular weight excluding hydrogens is 328 g/mol. The quantitative estimate of drug-likeness (QED) is 0.883. The van der Waals surface area contributed by atoms with E-state index in [0.29, 0.717) is 18.4 Å². The van der Waals surface area contributed by atoms with E-state index < -0.39 is 31.1 Å². The Balaban J connectivity index is 2.75. The Labute approximate surface area is 130 Å². The Hall–Kier alpha value is -1.41. The monoisotopic (exact) mass is 346 g/mol. The Morgan fingerprint density at radius 3 is 1.91 bits per heavy atom. The zero-order chi connectivity index (χ0) is 16.8. The summed E-state index contributed by atoms with van der Waals surface area (Å²) in [6, 6.07) is 3.83. The predicted octanol–water partition coefficient (Wildman–Crippen LogP) is 1.39. The van der Waals surface area contributed by atoms with Crippen LogP contribution in [0.25, 0.3) is 0 Å². The molecule has 122 valence electrons. The first-order chi connectivity index (χ1) is 9.98. The number of sulfone groups is 2. The van der Waals surface area contributed by atoms with Gasteiger partial charge in [0.2, 0.25) is 0 Å². The fourth-order valence-corrected chi connectivity index (χ4v) is 5.43. The minimum absolute atomic E-state index is 0.294. The zero-order valence-corrected chi connectivity index (χ0v) is 14.0. The average molecular weight is 346 g/mol. The number of carboxylic acid groups (broad SMARTS) is 1. The van der Waals surface area contributed by atoms with Crippen molar-refractivity contribution in [3.8, 4) is 0 Å². The van der Waals surface area contributed by atoms with Gasteiger partial charge in [0.05, 0.1) is 15.2 Å². The molecule has 1 saturated carbocycles. The van der Waals surface area contributed by atoms with E-state index in [1.807, 2.05) is 0 Å². The van der Waals surface area contributed by atoms with Gasteiger partial charge in [-0.3, -0.25) is 4.79 Å². The molecule has 0 aliphatic heterocycles. The second kappa shape index (κ2) is 5.34. The van der Waals surface area contributed by atoms with Gasteiger partial charge < -0.3 is 5.11 Å². The van der Waals surface area contributed by atoms with Crippen molar-refractivity contribution in [1.82, 2.24) is 0 Å². The summed E-state index contributed by atoms with van der Waals surface area (Å²) in [6.07, 6.45) is 4.18. The van der Waals surface area contributed by atoms with Crippen LogP contribution in [-0.4, -0.2) is 40.4 Å². The van der Waals surface area contributed by atoms with Gasteiger partial charge in [0.1, 0.15) is 0 Å². The fraction of sp³-hybridized carbons (Fsp3) is 0.500. The molecule has 0 spiro atoms. The van der Waals surface area contributed by atoms with Gasteiger partial charge in [0.25, 0.3) is 0 Å². The standard InChI is InChI=1S/C14H18O6S2/c1-21(17,18)11-6-5-10(9-12(11)22(2,19)20)14(13(15)16)7-3-4-8-14/h5-6,9H,3-4,7-8H2,1-2H3,(H,15,16). The number of carboxylic acids is 1. The molecule has 0 heterocycles. The summed E-state index contributed by atoms with van der Waals surface area (Å²) in [5, 5.41) is 9.57. The third kappa shape index (κ3) is 2.89. The van der Waals surface area contributed by atoms with Gasteiger partial charge in [-0.15, -0.1) is 0 Å². The molecule has 0 aromatic heterocycles. The van der Waals surface area contributed by atoms with Gasteiger partial charge in [0, 0.05) is 12.5 Å². The third-order valence-corrected chi connectivity index (χ3v) is 6.58. The van der Waals surface area contributed by atoms with E-state index in [2.05, 4.69) is 0 Å². The molecule has 22 heavy (non-hydrogen) atoms. The first-order valence-corrected chi connectivity index (χ1v) is 10.5. The maximum absolute atomic E-state index is 11.9. The highest BCUT2D eigenvalue weighted by molar-refractivity contribution is 7.93. The summed E-state index contributed by atoms with van der Waals surface area (Å²) >= 11 is 0. The topological polar surface area (TPSA) is 106 Å². The van der Waals surface area contributed by atoms with Gasteiger partial charge >= 0.3 is 5.97 Å². The van der Waals surface area contributed by atoms with Crippen molar-refractivity contribution in [1.29, 1.82) is 0 Å². The molecule has 0 bridgehead atoms. The van der Waals surface area contributed by atoms with Crippen LogP contribution >= 0.6 is 0 Å². The van der Waals surface area contributed by atoms with Crippen LogP contribution in [0.2, 0.25) is 0 Å². The van der Waals surface area contributed by atoms with Crippen molar-refractivity contribution in [2.75, 3.05) is 12.5 Å². The predicted molar refractivity (Wildman–Crippen MR) is 80.4 cm³/mol. The zero-order valence-electron chi connectivity index (χ0n) is 12.4. The molecule has 1 aliphatic carbocycles. The van der Waals surface area contributed by atoms with E-state index in [9.17, 15) is 26.7 Å². The lowest BCUT2D eigenvalue weighted by Gasteiger charge is -2.25. The highest BCUT2D eigenvalue weighted by Gasteiger charge is 2.43. The molecule has 1 fully saturated rings. The van der Waals surface area contributed by atoms with Crippen molar-refractivity contribution >= 4 is 25.6 Å². The molecule has 1 aliphatic rings. The Kier molecular flexibility index (Phi) is 4.12. The number of carbonyl (C=O) groups is 1. The molecule has 1 N–H and O–H groups in total. The second-order valence-corrected chi connectivity index (χ2v) is 9.77. The molecule has 1 aromatic carbocycles. The van der Waals surface area contributed by atoms with E-state index in [1.165, 1.54) is 18.2 Å². The lowest BCUT2D eigenvalue weighted by Crippen LogP contribution is -2.32. The van der Waals surface area contributed by atoms with Crippen LogP contribution in [-0.2, 0) is 29.9 Å². The van der Waals surface area contributed by atoms with Gasteiger partial charge in [0.15, 0.2) is 19.7 Å². The minimum Gasteiger partial charge on any atom is -0.481 e. The lowest BCUT2D eigenvalue weighted by molar-refractivity contribution is -0.143. The third-order valence-electron chi connectivity index (χ3n) is 4.16. The number of hydrogen-bond acceptors (Lipinski definition) is 5.